The second-order valence-corrected chi connectivity index (χ2v) is 22.7. The first-order valence-electron chi connectivity index (χ1n) is 17.8. The number of fused-ring (bicyclic) bond motifs is 7. The quantitative estimate of drug-likeness (QED) is 0.314. The van der Waals surface area contributed by atoms with Crippen molar-refractivity contribution < 1.29 is 72.4 Å². The Morgan fingerprint density at radius 3 is 1.80 bits per heavy atom. The largest absolute Gasteiger partial charge is 1.00 e. The maximum atomic E-state index is 13.8. The molecular weight excluding hydrogens is 817 g/mol. The Bertz CT molecular complexity index is 2310. The monoisotopic (exact) mass is 854 g/mol. The Kier molecular flexibility index (Phi) is 10.5. The van der Waals surface area contributed by atoms with Crippen molar-refractivity contribution in [2.45, 2.75) is 79.4 Å². The van der Waals surface area contributed by atoms with Crippen molar-refractivity contribution in [3.05, 3.63) is 152 Å². The van der Waals surface area contributed by atoms with Gasteiger partial charge in [0.15, 0.2) is 0 Å². The minimum atomic E-state index is -4.51. The molecule has 280 valence electrons. The molecule has 54 heavy (non-hydrogen) atoms. The SMILES string of the molecule is CC1=CC=c2c1c1c(c3c2=C(C)[CH]([Zr+2](=[C](c2ccc(C(F)(F)F)cc2)c2ccc(C(F)(F)F)cc2)[CH]2C=CC=C2)C3(C)C)CC2=C1CC(C)(C)C=C2.[Cl-].[Cl-]. The maximum Gasteiger partial charge on any atom is -1.00 e. The van der Waals surface area contributed by atoms with E-state index in [0.717, 1.165) is 40.3 Å². The zero-order valence-corrected chi connectivity index (χ0v) is 34.8. The fourth-order valence-electron chi connectivity index (χ4n) is 9.73. The van der Waals surface area contributed by atoms with Gasteiger partial charge in [0.05, 0.1) is 0 Å². The third kappa shape index (κ3) is 6.48. The standard InChI is InChI=1S/C25H27.C15H8F6.C5H5.2ClH.Zr/c1-14-7-8-17-20(14)22-18(23-21(17)15(2)12-25(23,5)6)11-16-9-10-24(3,4)13-19(16)22;16-14(17,18)12-5-1-10(2-6-12)9-11-3-7-13(8-4-11)15(19,20)21;1-2-4-5-3-1;;;/h7-10,12H,11,13H2,1-6H3;1-8H;1-5H;2*1H;/q;;;;;+2/p-2. The van der Waals surface area contributed by atoms with Crippen LogP contribution < -0.4 is 35.3 Å². The Hall–Kier alpha value is -2.99. The molecule has 5 aliphatic rings. The number of allylic oxidation sites excluding steroid dienone is 10. The summed E-state index contributed by atoms with van der Waals surface area (Å²) in [4.78, 5) is 0. The van der Waals surface area contributed by atoms with Crippen LogP contribution in [-0.2, 0) is 45.5 Å². The van der Waals surface area contributed by atoms with E-state index in [1.165, 1.54) is 79.2 Å². The summed E-state index contributed by atoms with van der Waals surface area (Å²) in [6.45, 7) is 13.7. The maximum absolute atomic E-state index is 13.8. The van der Waals surface area contributed by atoms with Crippen LogP contribution in [0.25, 0.3) is 22.8 Å². The van der Waals surface area contributed by atoms with E-state index in [0.29, 0.717) is 11.1 Å². The molecule has 1 atom stereocenters. The number of halogens is 8. The summed E-state index contributed by atoms with van der Waals surface area (Å²) in [5, 5.41) is 2.55. The van der Waals surface area contributed by atoms with E-state index in [1.54, 1.807) is 0 Å². The number of benzene rings is 3. The molecule has 5 aliphatic carbocycles. The fraction of sp³-hybridized carbons (Fsp3) is 0.311. The summed E-state index contributed by atoms with van der Waals surface area (Å²) in [5.41, 5.74) is 10.3. The van der Waals surface area contributed by atoms with E-state index in [9.17, 15) is 26.3 Å². The van der Waals surface area contributed by atoms with Crippen molar-refractivity contribution in [2.24, 2.45) is 5.41 Å². The van der Waals surface area contributed by atoms with Gasteiger partial charge in [0.25, 0.3) is 0 Å². The summed E-state index contributed by atoms with van der Waals surface area (Å²) < 4.78 is 83.9. The third-order valence-electron chi connectivity index (χ3n) is 11.9. The molecule has 0 N–H and O–H groups in total. The molecule has 0 aromatic heterocycles. The predicted molar refractivity (Wildman–Crippen MR) is 196 cm³/mol. The van der Waals surface area contributed by atoms with Crippen molar-refractivity contribution in [3.63, 3.8) is 0 Å². The van der Waals surface area contributed by atoms with E-state index < -0.39 is 44.7 Å². The second kappa shape index (κ2) is 13.9. The summed E-state index contributed by atoms with van der Waals surface area (Å²) >= 11 is -3.31. The average Bonchev–Trinajstić information content (AvgIpc) is 3.85. The summed E-state index contributed by atoms with van der Waals surface area (Å²) in [6, 6.07) is 10.6. The molecule has 0 spiro atoms. The van der Waals surface area contributed by atoms with Gasteiger partial charge in [0.2, 0.25) is 0 Å². The van der Waals surface area contributed by atoms with Crippen LogP contribution in [0.15, 0.2) is 96.6 Å². The van der Waals surface area contributed by atoms with Crippen molar-refractivity contribution in [1.29, 1.82) is 0 Å². The van der Waals surface area contributed by atoms with Crippen LogP contribution >= 0.6 is 0 Å². The van der Waals surface area contributed by atoms with Crippen molar-refractivity contribution in [1.82, 2.24) is 0 Å². The molecule has 0 aliphatic heterocycles. The number of hydrogen-bond acceptors (Lipinski definition) is 0. The first-order chi connectivity index (χ1) is 24.4. The summed E-state index contributed by atoms with van der Waals surface area (Å²) in [7, 11) is 0. The molecule has 8 rings (SSSR count). The van der Waals surface area contributed by atoms with Crippen LogP contribution in [0.4, 0.5) is 26.3 Å². The smallest absolute Gasteiger partial charge is 1.00 e. The van der Waals surface area contributed by atoms with Crippen LogP contribution in [-0.4, -0.2) is 3.21 Å². The molecule has 0 saturated carbocycles. The molecular formula is C45H40Cl2F6Zr. The van der Waals surface area contributed by atoms with Gasteiger partial charge in [-0.2, -0.15) is 0 Å². The van der Waals surface area contributed by atoms with Gasteiger partial charge < -0.3 is 24.8 Å². The van der Waals surface area contributed by atoms with E-state index in [2.05, 4.69) is 78.0 Å². The number of alkyl halides is 6. The molecule has 0 radical (unpaired) electrons. The second-order valence-electron chi connectivity index (χ2n) is 16.2. The van der Waals surface area contributed by atoms with Gasteiger partial charge in [-0.15, -0.1) is 0 Å². The predicted octanol–water partition coefficient (Wildman–Crippen LogP) is 5.28. The number of hydrogen-bond donors (Lipinski definition) is 0. The van der Waals surface area contributed by atoms with Crippen LogP contribution in [0.3, 0.4) is 0 Å². The van der Waals surface area contributed by atoms with Crippen LogP contribution in [0.5, 0.6) is 0 Å². The zero-order valence-electron chi connectivity index (χ0n) is 30.8. The van der Waals surface area contributed by atoms with E-state index in [4.69, 9.17) is 0 Å². The zero-order chi connectivity index (χ0) is 37.1. The van der Waals surface area contributed by atoms with E-state index >= 15 is 0 Å². The van der Waals surface area contributed by atoms with Gasteiger partial charge in [-0.3, -0.25) is 0 Å². The Labute approximate surface area is 332 Å². The molecule has 0 heterocycles. The topological polar surface area (TPSA) is 0 Å². The van der Waals surface area contributed by atoms with E-state index in [1.807, 2.05) is 12.2 Å². The van der Waals surface area contributed by atoms with Gasteiger partial charge in [-0.05, 0) is 0 Å². The third-order valence-corrected chi connectivity index (χ3v) is 21.8. The first kappa shape index (κ1) is 40.7. The van der Waals surface area contributed by atoms with Crippen LogP contribution in [0.2, 0.25) is 7.25 Å². The van der Waals surface area contributed by atoms with Crippen LogP contribution in [0, 0.1) is 5.41 Å². The first-order valence-corrected chi connectivity index (χ1v) is 21.9. The number of rotatable bonds is 4. The Morgan fingerprint density at radius 2 is 1.28 bits per heavy atom. The molecule has 0 fully saturated rings. The molecule has 0 amide bonds. The van der Waals surface area contributed by atoms with Crippen LogP contribution in [0.1, 0.15) is 92.5 Å². The molecule has 3 aromatic carbocycles. The minimum Gasteiger partial charge on any atom is -1.00 e. The Morgan fingerprint density at radius 1 is 0.741 bits per heavy atom. The molecule has 0 saturated heterocycles. The minimum absolute atomic E-state index is 0. The van der Waals surface area contributed by atoms with Gasteiger partial charge in [-0.25, -0.2) is 0 Å². The molecule has 3 aromatic rings. The average molecular weight is 857 g/mol. The van der Waals surface area contributed by atoms with Crippen molar-refractivity contribution in [3.8, 4) is 0 Å². The van der Waals surface area contributed by atoms with Gasteiger partial charge in [0, 0.05) is 0 Å². The van der Waals surface area contributed by atoms with Gasteiger partial charge in [-0.1, -0.05) is 0 Å². The fourth-order valence-corrected chi connectivity index (χ4v) is 20.0. The van der Waals surface area contributed by atoms with Crippen molar-refractivity contribution in [2.75, 3.05) is 0 Å². The van der Waals surface area contributed by atoms with E-state index in [-0.39, 0.29) is 42.9 Å². The molecule has 1 unspecified atom stereocenters. The van der Waals surface area contributed by atoms with Crippen molar-refractivity contribution >= 4 is 26.0 Å². The normalized spacial score (nSPS) is 19.9. The molecule has 0 bridgehead atoms. The molecule has 9 heteroatoms. The summed E-state index contributed by atoms with van der Waals surface area (Å²) in [6.07, 6.45) is 10.4. The Balaban J connectivity index is 0.00000249. The summed E-state index contributed by atoms with van der Waals surface area (Å²) in [5.74, 6) is 0. The van der Waals surface area contributed by atoms with Gasteiger partial charge in [0.1, 0.15) is 0 Å². The van der Waals surface area contributed by atoms with Gasteiger partial charge >= 0.3 is 310 Å². The molecule has 0 nitrogen and oxygen atoms in total.